The summed E-state index contributed by atoms with van der Waals surface area (Å²) < 4.78 is 5.03. The van der Waals surface area contributed by atoms with Gasteiger partial charge in [-0.1, -0.05) is 0 Å². The van der Waals surface area contributed by atoms with E-state index in [1.54, 1.807) is 0 Å². The van der Waals surface area contributed by atoms with Crippen LogP contribution in [0, 0.1) is 0 Å². The quantitative estimate of drug-likeness (QED) is 0.564. The molecule has 2 bridgehead atoms. The van der Waals surface area contributed by atoms with Crippen molar-refractivity contribution < 1.29 is 14.6 Å². The highest BCUT2D eigenvalue weighted by molar-refractivity contribution is 8.08. The van der Waals surface area contributed by atoms with Crippen molar-refractivity contribution in [2.75, 3.05) is 11.5 Å². The highest BCUT2D eigenvalue weighted by Crippen LogP contribution is 2.49. The molecular formula is C6H8O3S2. The third kappa shape index (κ3) is 1.06. The first-order valence-electron chi connectivity index (χ1n) is 3.28. The van der Waals surface area contributed by atoms with E-state index in [2.05, 4.69) is 0 Å². The first kappa shape index (κ1) is 7.76. The van der Waals surface area contributed by atoms with Gasteiger partial charge in [0.15, 0.2) is 4.93 Å². The van der Waals surface area contributed by atoms with Crippen molar-refractivity contribution in [3.8, 4) is 0 Å². The Morgan fingerprint density at radius 1 is 1.55 bits per heavy atom. The van der Waals surface area contributed by atoms with E-state index in [0.29, 0.717) is 11.5 Å². The van der Waals surface area contributed by atoms with Gasteiger partial charge >= 0.3 is 5.97 Å². The van der Waals surface area contributed by atoms with Gasteiger partial charge < -0.3 is 9.84 Å². The van der Waals surface area contributed by atoms with Crippen LogP contribution in [-0.4, -0.2) is 32.4 Å². The molecule has 3 fully saturated rings. The Kier molecular flexibility index (Phi) is 1.47. The number of aliphatic hydroxyl groups is 1. The molecule has 0 amide bonds. The molecule has 62 valence electrons. The van der Waals surface area contributed by atoms with Gasteiger partial charge in [-0.2, -0.15) is 0 Å². The van der Waals surface area contributed by atoms with Gasteiger partial charge in [-0.05, 0) is 6.92 Å². The molecule has 1 N–H and O–H groups in total. The maximum Gasteiger partial charge on any atom is 0.351 e. The van der Waals surface area contributed by atoms with Crippen LogP contribution in [0.15, 0.2) is 0 Å². The molecule has 0 aromatic heterocycles. The fourth-order valence-corrected chi connectivity index (χ4v) is 3.53. The van der Waals surface area contributed by atoms with Crippen LogP contribution in [0.3, 0.4) is 0 Å². The highest BCUT2D eigenvalue weighted by atomic mass is 32.2. The lowest BCUT2D eigenvalue weighted by molar-refractivity contribution is -0.164. The molecular weight excluding hydrogens is 184 g/mol. The summed E-state index contributed by atoms with van der Waals surface area (Å²) >= 11 is 2.79. The molecule has 0 saturated carbocycles. The number of hydrogen-bond acceptors (Lipinski definition) is 5. The average molecular weight is 192 g/mol. The minimum absolute atomic E-state index is 0.397. The molecule has 0 aromatic rings. The van der Waals surface area contributed by atoms with E-state index < -0.39 is 15.8 Å². The average Bonchev–Trinajstić information content (AvgIpc) is 1.94. The summed E-state index contributed by atoms with van der Waals surface area (Å²) in [5.41, 5.74) is 0. The monoisotopic (exact) mass is 192 g/mol. The Labute approximate surface area is 72.9 Å². The second kappa shape index (κ2) is 2.08. The fraction of sp³-hybridized carbons (Fsp3) is 0.833. The van der Waals surface area contributed by atoms with Crippen LogP contribution in [0.5, 0.6) is 0 Å². The normalized spacial score (nSPS) is 49.1. The number of ether oxygens (including phenoxy) is 1. The van der Waals surface area contributed by atoms with Crippen molar-refractivity contribution in [2.24, 2.45) is 0 Å². The standard InChI is InChI=1S/C6H8O3S2/c1-5-2-11-6(8,3-10-5)4(7)9-5/h8H,2-3H2,1H3. The maximum atomic E-state index is 11.1. The van der Waals surface area contributed by atoms with E-state index in [1.807, 2.05) is 6.92 Å². The summed E-state index contributed by atoms with van der Waals surface area (Å²) in [6.45, 7) is 1.88. The lowest BCUT2D eigenvalue weighted by Gasteiger charge is -2.45. The molecule has 3 aliphatic rings. The number of thioether (sulfide) groups is 2. The van der Waals surface area contributed by atoms with Gasteiger partial charge in [0, 0.05) is 11.5 Å². The van der Waals surface area contributed by atoms with Crippen molar-refractivity contribution >= 4 is 29.5 Å². The van der Waals surface area contributed by atoms with Crippen molar-refractivity contribution in [1.29, 1.82) is 0 Å². The number of fused-ring (bicyclic) bond motifs is 3. The molecule has 3 saturated heterocycles. The zero-order valence-electron chi connectivity index (χ0n) is 5.99. The molecule has 2 atom stereocenters. The molecule has 3 rings (SSSR count). The molecule has 0 radical (unpaired) electrons. The third-order valence-electron chi connectivity index (χ3n) is 1.77. The number of carbonyl (C=O) groups is 1. The van der Waals surface area contributed by atoms with Crippen LogP contribution in [-0.2, 0) is 9.53 Å². The Bertz CT molecular complexity index is 208. The van der Waals surface area contributed by atoms with Crippen LogP contribution < -0.4 is 0 Å². The second-order valence-electron chi connectivity index (χ2n) is 2.89. The van der Waals surface area contributed by atoms with Crippen molar-refractivity contribution in [1.82, 2.24) is 0 Å². The Hall–Kier alpha value is 0.130. The zero-order valence-corrected chi connectivity index (χ0v) is 7.63. The van der Waals surface area contributed by atoms with Crippen molar-refractivity contribution in [2.45, 2.75) is 16.8 Å². The molecule has 2 unspecified atom stereocenters. The van der Waals surface area contributed by atoms with Gasteiger partial charge in [-0.25, -0.2) is 4.79 Å². The Morgan fingerprint density at radius 2 is 2.27 bits per heavy atom. The molecule has 3 heterocycles. The summed E-state index contributed by atoms with van der Waals surface area (Å²) in [7, 11) is 0. The van der Waals surface area contributed by atoms with E-state index >= 15 is 0 Å². The largest absolute Gasteiger partial charge is 0.445 e. The summed E-state index contributed by atoms with van der Waals surface area (Å²) in [4.78, 5) is 9.42. The molecule has 11 heavy (non-hydrogen) atoms. The highest BCUT2D eigenvalue weighted by Gasteiger charge is 2.55. The fourth-order valence-electron chi connectivity index (χ4n) is 1.04. The lowest BCUT2D eigenvalue weighted by Crippen LogP contribution is -2.56. The van der Waals surface area contributed by atoms with Gasteiger partial charge in [0.05, 0.1) is 0 Å². The predicted octanol–water partition coefficient (Wildman–Crippen LogP) is 0.428. The number of carbonyl (C=O) groups excluding carboxylic acids is 1. The number of rotatable bonds is 0. The topological polar surface area (TPSA) is 46.5 Å². The van der Waals surface area contributed by atoms with E-state index in [-0.39, 0.29) is 0 Å². The minimum atomic E-state index is -1.26. The first-order valence-corrected chi connectivity index (χ1v) is 5.25. The van der Waals surface area contributed by atoms with Crippen molar-refractivity contribution in [3.63, 3.8) is 0 Å². The summed E-state index contributed by atoms with van der Waals surface area (Å²) in [5, 5.41) is 9.57. The Morgan fingerprint density at radius 3 is 2.64 bits per heavy atom. The second-order valence-corrected chi connectivity index (χ2v) is 5.58. The zero-order chi connectivity index (χ0) is 8.11. The molecule has 3 aliphatic heterocycles. The van der Waals surface area contributed by atoms with Gasteiger partial charge in [-0.3, -0.25) is 0 Å². The van der Waals surface area contributed by atoms with Crippen LogP contribution in [0.25, 0.3) is 0 Å². The molecule has 3 nitrogen and oxygen atoms in total. The van der Waals surface area contributed by atoms with E-state index in [4.69, 9.17) is 4.74 Å². The predicted molar refractivity (Wildman–Crippen MR) is 44.4 cm³/mol. The third-order valence-corrected chi connectivity index (χ3v) is 5.02. The van der Waals surface area contributed by atoms with E-state index in [9.17, 15) is 9.90 Å². The summed E-state index contributed by atoms with van der Waals surface area (Å²) in [5.74, 6) is 0.655. The van der Waals surface area contributed by atoms with Crippen LogP contribution in [0.1, 0.15) is 6.92 Å². The van der Waals surface area contributed by atoms with Crippen LogP contribution in [0.4, 0.5) is 0 Å². The van der Waals surface area contributed by atoms with Crippen LogP contribution in [0.2, 0.25) is 0 Å². The van der Waals surface area contributed by atoms with Gasteiger partial charge in [0.25, 0.3) is 0 Å². The SMILES string of the molecule is CC12CSC(O)(CS1)C(=O)O2. The van der Waals surface area contributed by atoms with Crippen LogP contribution >= 0.6 is 23.5 Å². The first-order chi connectivity index (χ1) is 5.04. The smallest absolute Gasteiger partial charge is 0.351 e. The summed E-state index contributed by atoms with van der Waals surface area (Å²) in [6, 6.07) is 0. The molecule has 0 spiro atoms. The van der Waals surface area contributed by atoms with Crippen molar-refractivity contribution in [3.05, 3.63) is 0 Å². The van der Waals surface area contributed by atoms with Gasteiger partial charge in [-0.15, -0.1) is 23.5 Å². The van der Waals surface area contributed by atoms with E-state index in [0.717, 1.165) is 0 Å². The number of esters is 1. The lowest BCUT2D eigenvalue weighted by atomic mass is 10.3. The Balaban J connectivity index is 2.29. The molecule has 0 aliphatic carbocycles. The minimum Gasteiger partial charge on any atom is -0.445 e. The molecule has 5 heteroatoms. The van der Waals surface area contributed by atoms with Gasteiger partial charge in [0.1, 0.15) is 0 Å². The molecule has 0 aromatic carbocycles. The summed E-state index contributed by atoms with van der Waals surface area (Å²) in [6.07, 6.45) is 0. The van der Waals surface area contributed by atoms with Gasteiger partial charge in [0.2, 0.25) is 4.93 Å². The maximum absolute atomic E-state index is 11.1. The number of hydrogen-bond donors (Lipinski definition) is 1. The van der Waals surface area contributed by atoms with E-state index in [1.165, 1.54) is 23.5 Å².